The van der Waals surface area contributed by atoms with Crippen molar-refractivity contribution in [2.45, 2.75) is 52.0 Å². The van der Waals surface area contributed by atoms with Gasteiger partial charge in [-0.25, -0.2) is 0 Å². The highest BCUT2D eigenvalue weighted by Gasteiger charge is 2.25. The number of carbonyl (C=O) groups is 1. The highest BCUT2D eigenvalue weighted by molar-refractivity contribution is 6.12. The van der Waals surface area contributed by atoms with Crippen LogP contribution in [0.5, 0.6) is 11.5 Å². The van der Waals surface area contributed by atoms with Gasteiger partial charge in [0.1, 0.15) is 24.0 Å². The van der Waals surface area contributed by atoms with Crippen molar-refractivity contribution in [1.29, 1.82) is 0 Å². The fourth-order valence-electron chi connectivity index (χ4n) is 4.39. The van der Waals surface area contributed by atoms with E-state index in [2.05, 4.69) is 23.6 Å². The predicted octanol–water partition coefficient (Wildman–Crippen LogP) is 4.56. The first-order chi connectivity index (χ1) is 14.6. The molecule has 2 saturated heterocycles. The molecule has 5 nitrogen and oxygen atoms in total. The fourth-order valence-corrected chi connectivity index (χ4v) is 4.39. The smallest absolute Gasteiger partial charge is 0.200 e. The molecule has 2 aliphatic rings. The van der Waals surface area contributed by atoms with Crippen LogP contribution in [0.4, 0.5) is 0 Å². The fraction of sp³-hybridized carbons (Fsp3) is 0.480. The molecule has 0 aliphatic carbocycles. The lowest BCUT2D eigenvalue weighted by atomic mass is 10.0. The molecule has 2 aromatic rings. The van der Waals surface area contributed by atoms with Gasteiger partial charge >= 0.3 is 0 Å². The van der Waals surface area contributed by atoms with E-state index in [1.54, 1.807) is 0 Å². The van der Waals surface area contributed by atoms with Crippen LogP contribution >= 0.6 is 0 Å². The van der Waals surface area contributed by atoms with Crippen molar-refractivity contribution in [3.05, 3.63) is 59.7 Å². The van der Waals surface area contributed by atoms with Crippen molar-refractivity contribution in [3.8, 4) is 11.5 Å². The quantitative estimate of drug-likeness (QED) is 0.599. The maximum atomic E-state index is 13.5. The van der Waals surface area contributed by atoms with Crippen LogP contribution in [0.2, 0.25) is 0 Å². The third-order valence-corrected chi connectivity index (χ3v) is 6.17. The van der Waals surface area contributed by atoms with Gasteiger partial charge in [0.25, 0.3) is 0 Å². The Morgan fingerprint density at radius 2 is 1.07 bits per heavy atom. The standard InChI is InChI=1S/C25H32N2O3/c1-19(26-15-7-8-16-26)29-23-13-5-3-11-21(23)25(28)22-12-4-6-14-24(22)30-20(2)27-17-9-10-18-27/h3-6,11-14,19-20H,7-10,15-18H2,1-2H3. The molecule has 2 atom stereocenters. The van der Waals surface area contributed by atoms with E-state index in [9.17, 15) is 4.79 Å². The third-order valence-electron chi connectivity index (χ3n) is 6.17. The summed E-state index contributed by atoms with van der Waals surface area (Å²) in [6, 6.07) is 15.1. The van der Waals surface area contributed by atoms with Crippen LogP contribution < -0.4 is 9.47 Å². The molecule has 0 aromatic heterocycles. The molecule has 0 spiro atoms. The molecule has 2 aromatic carbocycles. The lowest BCUT2D eigenvalue weighted by Crippen LogP contribution is -2.35. The Bertz CT molecular complexity index is 787. The Morgan fingerprint density at radius 3 is 1.47 bits per heavy atom. The molecular weight excluding hydrogens is 376 g/mol. The van der Waals surface area contributed by atoms with Crippen LogP contribution in [0.15, 0.2) is 48.5 Å². The SMILES string of the molecule is CC(Oc1ccccc1C(=O)c1ccccc1OC(C)N1CCCC1)N1CCCC1. The van der Waals surface area contributed by atoms with E-state index in [0.29, 0.717) is 22.6 Å². The van der Waals surface area contributed by atoms with Crippen LogP contribution in [-0.2, 0) is 0 Å². The minimum atomic E-state index is -0.0663. The first-order valence-electron chi connectivity index (χ1n) is 11.2. The number of benzene rings is 2. The molecule has 0 bridgehead atoms. The number of carbonyl (C=O) groups excluding carboxylic acids is 1. The maximum Gasteiger partial charge on any atom is 0.200 e. The molecule has 0 N–H and O–H groups in total. The third kappa shape index (κ3) is 4.68. The van der Waals surface area contributed by atoms with Gasteiger partial charge in [-0.1, -0.05) is 24.3 Å². The first kappa shape index (κ1) is 20.9. The number of hydrogen-bond acceptors (Lipinski definition) is 5. The highest BCUT2D eigenvalue weighted by atomic mass is 16.5. The van der Waals surface area contributed by atoms with E-state index in [4.69, 9.17) is 9.47 Å². The number of ether oxygens (including phenoxy) is 2. The second-order valence-corrected chi connectivity index (χ2v) is 8.24. The lowest BCUT2D eigenvalue weighted by Gasteiger charge is -2.26. The van der Waals surface area contributed by atoms with Gasteiger partial charge in [0, 0.05) is 26.2 Å². The Hall–Kier alpha value is -2.37. The number of nitrogens with zero attached hydrogens (tertiary/aromatic N) is 2. The largest absolute Gasteiger partial charge is 0.475 e. The van der Waals surface area contributed by atoms with E-state index in [1.165, 1.54) is 25.7 Å². The van der Waals surface area contributed by atoms with Gasteiger partial charge in [0.05, 0.1) is 11.1 Å². The zero-order valence-corrected chi connectivity index (χ0v) is 18.0. The van der Waals surface area contributed by atoms with Crippen LogP contribution in [-0.4, -0.2) is 54.2 Å². The predicted molar refractivity (Wildman–Crippen MR) is 118 cm³/mol. The van der Waals surface area contributed by atoms with E-state index in [-0.39, 0.29) is 18.2 Å². The van der Waals surface area contributed by atoms with E-state index >= 15 is 0 Å². The summed E-state index contributed by atoms with van der Waals surface area (Å²) in [4.78, 5) is 18.1. The van der Waals surface area contributed by atoms with Crippen LogP contribution in [0.25, 0.3) is 0 Å². The summed E-state index contributed by atoms with van der Waals surface area (Å²) in [5, 5.41) is 0. The zero-order chi connectivity index (χ0) is 20.9. The molecule has 2 aliphatic heterocycles. The number of rotatable bonds is 8. The van der Waals surface area contributed by atoms with Gasteiger partial charge < -0.3 is 9.47 Å². The topological polar surface area (TPSA) is 42.0 Å². The van der Waals surface area contributed by atoms with Crippen LogP contribution in [0.3, 0.4) is 0 Å². The van der Waals surface area contributed by atoms with Gasteiger partial charge in [0.15, 0.2) is 5.78 Å². The number of ketones is 1. The molecule has 30 heavy (non-hydrogen) atoms. The second-order valence-electron chi connectivity index (χ2n) is 8.24. The highest BCUT2D eigenvalue weighted by Crippen LogP contribution is 2.29. The molecule has 0 amide bonds. The lowest BCUT2D eigenvalue weighted by molar-refractivity contribution is 0.0569. The molecule has 2 heterocycles. The van der Waals surface area contributed by atoms with Crippen molar-refractivity contribution < 1.29 is 14.3 Å². The summed E-state index contributed by atoms with van der Waals surface area (Å²) in [6.45, 7) is 8.29. The van der Waals surface area contributed by atoms with Gasteiger partial charge in [-0.15, -0.1) is 0 Å². The average molecular weight is 409 g/mol. The molecule has 5 heteroatoms. The first-order valence-corrected chi connectivity index (χ1v) is 11.2. The van der Waals surface area contributed by atoms with E-state index in [0.717, 1.165) is 26.2 Å². The van der Waals surface area contributed by atoms with Crippen LogP contribution in [0.1, 0.15) is 55.5 Å². The zero-order valence-electron chi connectivity index (χ0n) is 18.0. The average Bonchev–Trinajstić information content (AvgIpc) is 3.48. The molecule has 2 unspecified atom stereocenters. The summed E-state index contributed by atoms with van der Waals surface area (Å²) >= 11 is 0. The van der Waals surface area contributed by atoms with Gasteiger partial charge in [-0.05, 0) is 63.8 Å². The second kappa shape index (κ2) is 9.63. The summed E-state index contributed by atoms with van der Waals surface area (Å²) in [7, 11) is 0. The molecule has 160 valence electrons. The monoisotopic (exact) mass is 408 g/mol. The van der Waals surface area contributed by atoms with Crippen molar-refractivity contribution >= 4 is 5.78 Å². The normalized spacial score (nSPS) is 19.5. The summed E-state index contributed by atoms with van der Waals surface area (Å²) < 4.78 is 12.5. The molecule has 4 rings (SSSR count). The Kier molecular flexibility index (Phi) is 6.70. The van der Waals surface area contributed by atoms with Crippen molar-refractivity contribution in [3.63, 3.8) is 0 Å². The van der Waals surface area contributed by atoms with E-state index in [1.807, 2.05) is 48.5 Å². The van der Waals surface area contributed by atoms with Crippen molar-refractivity contribution in [2.75, 3.05) is 26.2 Å². The minimum Gasteiger partial charge on any atom is -0.475 e. The molecular formula is C25H32N2O3. The van der Waals surface area contributed by atoms with Crippen molar-refractivity contribution in [2.24, 2.45) is 0 Å². The molecule has 0 radical (unpaired) electrons. The number of likely N-dealkylation sites (tertiary alicyclic amines) is 2. The summed E-state index contributed by atoms with van der Waals surface area (Å²) in [6.07, 6.45) is 4.70. The Labute approximate surface area is 179 Å². The van der Waals surface area contributed by atoms with Gasteiger partial charge in [-0.3, -0.25) is 14.6 Å². The van der Waals surface area contributed by atoms with E-state index < -0.39 is 0 Å². The van der Waals surface area contributed by atoms with Crippen molar-refractivity contribution in [1.82, 2.24) is 9.80 Å². The van der Waals surface area contributed by atoms with Gasteiger partial charge in [-0.2, -0.15) is 0 Å². The van der Waals surface area contributed by atoms with Crippen LogP contribution in [0, 0.1) is 0 Å². The number of para-hydroxylation sites is 2. The minimum absolute atomic E-state index is 0.0527. The van der Waals surface area contributed by atoms with Gasteiger partial charge in [0.2, 0.25) is 0 Å². The number of hydrogen-bond donors (Lipinski definition) is 0. The molecule has 0 saturated carbocycles. The Balaban J connectivity index is 1.54. The maximum absolute atomic E-state index is 13.5. The summed E-state index contributed by atoms with van der Waals surface area (Å²) in [5.41, 5.74) is 1.15. The summed E-state index contributed by atoms with van der Waals surface area (Å²) in [5.74, 6) is 1.19. The Morgan fingerprint density at radius 1 is 0.700 bits per heavy atom. The molecule has 2 fully saturated rings.